The number of rotatable bonds is 7. The maximum atomic E-state index is 5.52. The van der Waals surface area contributed by atoms with Gasteiger partial charge >= 0.3 is 0 Å². The van der Waals surface area contributed by atoms with Gasteiger partial charge in [-0.05, 0) is 37.0 Å². The second-order valence-electron chi connectivity index (χ2n) is 3.40. The van der Waals surface area contributed by atoms with Crippen molar-refractivity contribution in [3.8, 4) is 0 Å². The number of anilines is 1. The van der Waals surface area contributed by atoms with Crippen LogP contribution >= 0.6 is 24.0 Å². The molecule has 5 heteroatoms. The lowest BCUT2D eigenvalue weighted by molar-refractivity contribution is 0.840. The van der Waals surface area contributed by atoms with Gasteiger partial charge in [0.2, 0.25) is 0 Å². The van der Waals surface area contributed by atoms with E-state index in [1.54, 1.807) is 0 Å². The number of unbranched alkanes of at least 4 members (excludes halogenated alkanes) is 1. The van der Waals surface area contributed by atoms with Gasteiger partial charge in [0.1, 0.15) is 10.8 Å². The first-order valence-electron chi connectivity index (χ1n) is 5.23. The van der Waals surface area contributed by atoms with Crippen LogP contribution in [0.15, 0.2) is 18.2 Å². The summed E-state index contributed by atoms with van der Waals surface area (Å²) in [6.07, 6.45) is 4.50. The zero-order valence-electron chi connectivity index (χ0n) is 9.40. The summed E-state index contributed by atoms with van der Waals surface area (Å²) in [5.41, 5.74) is 6.19. The number of pyridine rings is 1. The number of aromatic nitrogens is 1. The van der Waals surface area contributed by atoms with Gasteiger partial charge in [-0.2, -0.15) is 11.8 Å². The third kappa shape index (κ3) is 4.81. The molecular formula is C11H17N3S2. The van der Waals surface area contributed by atoms with Crippen LogP contribution < -0.4 is 11.1 Å². The van der Waals surface area contributed by atoms with Crippen LogP contribution in [0, 0.1) is 0 Å². The van der Waals surface area contributed by atoms with Crippen molar-refractivity contribution in [1.82, 2.24) is 4.98 Å². The average molecular weight is 255 g/mol. The predicted molar refractivity (Wildman–Crippen MR) is 76.2 cm³/mol. The summed E-state index contributed by atoms with van der Waals surface area (Å²) in [6, 6.07) is 5.66. The average Bonchev–Trinajstić information content (AvgIpc) is 2.29. The van der Waals surface area contributed by atoms with Crippen LogP contribution in [0.5, 0.6) is 0 Å². The number of thiocarbonyl (C=S) groups is 1. The Kier molecular flexibility index (Phi) is 6.18. The monoisotopic (exact) mass is 255 g/mol. The molecule has 88 valence electrons. The Morgan fingerprint density at radius 3 is 3.00 bits per heavy atom. The zero-order valence-corrected chi connectivity index (χ0v) is 11.0. The summed E-state index contributed by atoms with van der Waals surface area (Å²) in [5, 5.41) is 3.26. The number of thioether (sulfide) groups is 1. The molecule has 1 heterocycles. The van der Waals surface area contributed by atoms with Crippen molar-refractivity contribution in [2.75, 3.05) is 23.9 Å². The van der Waals surface area contributed by atoms with Crippen molar-refractivity contribution in [2.45, 2.75) is 12.8 Å². The Morgan fingerprint density at radius 1 is 1.50 bits per heavy atom. The van der Waals surface area contributed by atoms with E-state index in [2.05, 4.69) is 16.6 Å². The molecule has 0 aliphatic rings. The van der Waals surface area contributed by atoms with E-state index in [0.717, 1.165) is 18.8 Å². The van der Waals surface area contributed by atoms with Crippen molar-refractivity contribution >= 4 is 34.8 Å². The van der Waals surface area contributed by atoms with Crippen LogP contribution in [0.1, 0.15) is 18.5 Å². The van der Waals surface area contributed by atoms with Crippen molar-refractivity contribution in [3.63, 3.8) is 0 Å². The van der Waals surface area contributed by atoms with Crippen LogP contribution in [0.25, 0.3) is 0 Å². The van der Waals surface area contributed by atoms with E-state index >= 15 is 0 Å². The number of hydrogen-bond acceptors (Lipinski definition) is 4. The molecule has 3 nitrogen and oxygen atoms in total. The van der Waals surface area contributed by atoms with Gasteiger partial charge in [0.15, 0.2) is 0 Å². The van der Waals surface area contributed by atoms with Crippen LogP contribution in [0.3, 0.4) is 0 Å². The first-order valence-corrected chi connectivity index (χ1v) is 7.04. The molecule has 1 aromatic heterocycles. The second kappa shape index (κ2) is 7.46. The Morgan fingerprint density at radius 2 is 2.31 bits per heavy atom. The molecule has 16 heavy (non-hydrogen) atoms. The van der Waals surface area contributed by atoms with E-state index in [4.69, 9.17) is 18.0 Å². The fourth-order valence-electron chi connectivity index (χ4n) is 1.26. The molecule has 0 aromatic carbocycles. The lowest BCUT2D eigenvalue weighted by atomic mass is 10.3. The number of nitrogens with two attached hydrogens (primary N) is 1. The van der Waals surface area contributed by atoms with Crippen molar-refractivity contribution < 1.29 is 0 Å². The Hall–Kier alpha value is -0.810. The van der Waals surface area contributed by atoms with Crippen LogP contribution in [0.2, 0.25) is 0 Å². The molecule has 0 aliphatic carbocycles. The highest BCUT2D eigenvalue weighted by Crippen LogP contribution is 2.06. The number of nitrogens with one attached hydrogen (secondary N) is 1. The standard InChI is InChI=1S/C11H17N3S2/c1-16-8-3-2-7-13-10-6-4-5-9(14-10)11(12)15/h4-6H,2-3,7-8H2,1H3,(H2,12,15)(H,13,14). The molecule has 0 bridgehead atoms. The molecule has 1 aromatic rings. The first-order chi connectivity index (χ1) is 7.74. The fraction of sp³-hybridized carbons (Fsp3) is 0.455. The first kappa shape index (κ1) is 13.3. The largest absolute Gasteiger partial charge is 0.388 e. The normalized spacial score (nSPS) is 10.1. The molecule has 0 saturated carbocycles. The molecule has 1 rings (SSSR count). The summed E-state index contributed by atoms with van der Waals surface area (Å²) >= 11 is 6.75. The van der Waals surface area contributed by atoms with Crippen molar-refractivity contribution in [3.05, 3.63) is 23.9 Å². The highest BCUT2D eigenvalue weighted by atomic mass is 32.2. The minimum atomic E-state index is 0.339. The summed E-state index contributed by atoms with van der Waals surface area (Å²) in [4.78, 5) is 4.65. The lowest BCUT2D eigenvalue weighted by Crippen LogP contribution is -2.13. The summed E-state index contributed by atoms with van der Waals surface area (Å²) < 4.78 is 0. The van der Waals surface area contributed by atoms with Gasteiger partial charge in [-0.1, -0.05) is 18.3 Å². The van der Waals surface area contributed by atoms with Gasteiger partial charge in [-0.25, -0.2) is 4.98 Å². The second-order valence-corrected chi connectivity index (χ2v) is 4.82. The summed E-state index contributed by atoms with van der Waals surface area (Å²) in [5.74, 6) is 2.05. The van der Waals surface area contributed by atoms with E-state index in [9.17, 15) is 0 Å². The lowest BCUT2D eigenvalue weighted by Gasteiger charge is -2.06. The third-order valence-corrected chi connectivity index (χ3v) is 2.99. The maximum Gasteiger partial charge on any atom is 0.126 e. The molecule has 0 atom stereocenters. The van der Waals surface area contributed by atoms with E-state index in [1.165, 1.54) is 12.2 Å². The van der Waals surface area contributed by atoms with Crippen LogP contribution in [-0.4, -0.2) is 28.5 Å². The van der Waals surface area contributed by atoms with Crippen LogP contribution in [0.4, 0.5) is 5.82 Å². The van der Waals surface area contributed by atoms with Crippen molar-refractivity contribution in [2.24, 2.45) is 5.73 Å². The molecule has 0 aliphatic heterocycles. The fourth-order valence-corrected chi connectivity index (χ4v) is 1.86. The molecular weight excluding hydrogens is 238 g/mol. The molecule has 0 unspecified atom stereocenters. The Bertz CT molecular complexity index is 342. The minimum absolute atomic E-state index is 0.339. The summed E-state index contributed by atoms with van der Waals surface area (Å²) in [7, 11) is 0. The van der Waals surface area contributed by atoms with Crippen molar-refractivity contribution in [1.29, 1.82) is 0 Å². The maximum absolute atomic E-state index is 5.52. The summed E-state index contributed by atoms with van der Waals surface area (Å²) in [6.45, 7) is 0.939. The number of hydrogen-bond donors (Lipinski definition) is 2. The van der Waals surface area contributed by atoms with E-state index in [1.807, 2.05) is 30.0 Å². The molecule has 0 saturated heterocycles. The Balaban J connectivity index is 2.36. The zero-order chi connectivity index (χ0) is 11.8. The van der Waals surface area contributed by atoms with Gasteiger partial charge in [0.05, 0.1) is 5.69 Å². The molecule has 3 N–H and O–H groups in total. The SMILES string of the molecule is CSCCCCNc1cccc(C(N)=S)n1. The van der Waals surface area contributed by atoms with Gasteiger partial charge < -0.3 is 11.1 Å². The third-order valence-electron chi connectivity index (χ3n) is 2.08. The highest BCUT2D eigenvalue weighted by molar-refractivity contribution is 7.98. The molecule has 0 spiro atoms. The molecule has 0 radical (unpaired) electrons. The minimum Gasteiger partial charge on any atom is -0.388 e. The van der Waals surface area contributed by atoms with Gasteiger partial charge in [0.25, 0.3) is 0 Å². The van der Waals surface area contributed by atoms with Gasteiger partial charge in [-0.3, -0.25) is 0 Å². The van der Waals surface area contributed by atoms with Gasteiger partial charge in [0, 0.05) is 6.54 Å². The Labute approximate surface area is 106 Å². The van der Waals surface area contributed by atoms with Gasteiger partial charge in [-0.15, -0.1) is 0 Å². The predicted octanol–water partition coefficient (Wildman–Crippen LogP) is 2.27. The van der Waals surface area contributed by atoms with E-state index in [0.29, 0.717) is 10.7 Å². The quantitative estimate of drug-likeness (QED) is 0.578. The molecule has 0 amide bonds. The number of nitrogens with zero attached hydrogens (tertiary/aromatic N) is 1. The van der Waals surface area contributed by atoms with E-state index < -0.39 is 0 Å². The van der Waals surface area contributed by atoms with E-state index in [-0.39, 0.29) is 0 Å². The smallest absolute Gasteiger partial charge is 0.126 e. The molecule has 0 fully saturated rings. The van der Waals surface area contributed by atoms with Crippen LogP contribution in [-0.2, 0) is 0 Å². The highest BCUT2D eigenvalue weighted by Gasteiger charge is 1.99. The topological polar surface area (TPSA) is 50.9 Å².